The van der Waals surface area contributed by atoms with E-state index in [1.165, 1.54) is 0 Å². The molecule has 0 saturated carbocycles. The minimum Gasteiger partial charge on any atom is -0.461 e. The molecule has 1 amide bonds. The fourth-order valence-corrected chi connectivity index (χ4v) is 2.72. The van der Waals surface area contributed by atoms with E-state index in [9.17, 15) is 9.59 Å². The van der Waals surface area contributed by atoms with Gasteiger partial charge < -0.3 is 9.64 Å². The lowest BCUT2D eigenvalue weighted by atomic mass is 10.1. The summed E-state index contributed by atoms with van der Waals surface area (Å²) in [5.74, 6) is -0.759. The number of carbonyl (C=O) groups excluding carboxylic acids is 2. The third kappa shape index (κ3) is 3.90. The highest BCUT2D eigenvalue weighted by Gasteiger charge is 2.35. The number of amides is 1. The Morgan fingerprint density at radius 1 is 1.08 bits per heavy atom. The third-order valence-electron chi connectivity index (χ3n) is 3.96. The van der Waals surface area contributed by atoms with Crippen molar-refractivity contribution in [3.63, 3.8) is 0 Å². The van der Waals surface area contributed by atoms with Gasteiger partial charge >= 0.3 is 5.97 Å². The van der Waals surface area contributed by atoms with E-state index in [0.29, 0.717) is 6.54 Å². The average molecular weight is 321 g/mol. The maximum absolute atomic E-state index is 12.1. The molecule has 4 heteroatoms. The summed E-state index contributed by atoms with van der Waals surface area (Å²) in [6, 6.07) is 19.2. The molecule has 4 nitrogen and oxygen atoms in total. The lowest BCUT2D eigenvalue weighted by Gasteiger charge is -2.16. The Balaban J connectivity index is 1.51. The van der Waals surface area contributed by atoms with Crippen molar-refractivity contribution in [3.8, 4) is 0 Å². The van der Waals surface area contributed by atoms with Crippen LogP contribution in [0.4, 0.5) is 5.69 Å². The van der Waals surface area contributed by atoms with Crippen molar-refractivity contribution in [1.82, 2.24) is 0 Å². The second kappa shape index (κ2) is 7.59. The normalized spacial score (nSPS) is 17.4. The third-order valence-corrected chi connectivity index (χ3v) is 3.96. The van der Waals surface area contributed by atoms with Gasteiger partial charge in [0.1, 0.15) is 6.61 Å². The molecule has 1 heterocycles. The SMILES string of the molecule is O=C(OC/C=C/c1ccccc1)[C@@H]1CC(=O)N(c2ccccc2)C1. The zero-order chi connectivity index (χ0) is 16.8. The van der Waals surface area contributed by atoms with Crippen LogP contribution in [0.3, 0.4) is 0 Å². The number of hydrogen-bond donors (Lipinski definition) is 0. The van der Waals surface area contributed by atoms with Crippen LogP contribution in [0, 0.1) is 5.92 Å². The summed E-state index contributed by atoms with van der Waals surface area (Å²) in [6.07, 6.45) is 3.92. The summed E-state index contributed by atoms with van der Waals surface area (Å²) in [5.41, 5.74) is 1.88. The molecule has 1 fully saturated rings. The van der Waals surface area contributed by atoms with Gasteiger partial charge in [-0.3, -0.25) is 9.59 Å². The molecule has 0 spiro atoms. The first-order valence-electron chi connectivity index (χ1n) is 7.97. The summed E-state index contributed by atoms with van der Waals surface area (Å²) in [7, 11) is 0. The molecule has 3 rings (SSSR count). The highest BCUT2D eigenvalue weighted by molar-refractivity contribution is 5.99. The van der Waals surface area contributed by atoms with Crippen LogP contribution in [0.1, 0.15) is 12.0 Å². The average Bonchev–Trinajstić information content (AvgIpc) is 3.02. The quantitative estimate of drug-likeness (QED) is 0.794. The highest BCUT2D eigenvalue weighted by Crippen LogP contribution is 2.25. The fraction of sp³-hybridized carbons (Fsp3) is 0.200. The zero-order valence-electron chi connectivity index (χ0n) is 13.3. The number of carbonyl (C=O) groups is 2. The van der Waals surface area contributed by atoms with Crippen LogP contribution in [-0.2, 0) is 14.3 Å². The van der Waals surface area contributed by atoms with Gasteiger partial charge in [0.25, 0.3) is 0 Å². The Kier molecular flexibility index (Phi) is 5.06. The van der Waals surface area contributed by atoms with Crippen molar-refractivity contribution in [1.29, 1.82) is 0 Å². The van der Waals surface area contributed by atoms with Crippen LogP contribution in [0.15, 0.2) is 66.7 Å². The molecule has 0 N–H and O–H groups in total. The minimum absolute atomic E-state index is 0.0389. The van der Waals surface area contributed by atoms with Gasteiger partial charge in [-0.25, -0.2) is 0 Å². The fourth-order valence-electron chi connectivity index (χ4n) is 2.72. The lowest BCUT2D eigenvalue weighted by molar-refractivity contribution is -0.147. The number of esters is 1. The van der Waals surface area contributed by atoms with E-state index < -0.39 is 5.92 Å². The molecule has 0 aromatic heterocycles. The molecule has 24 heavy (non-hydrogen) atoms. The van der Waals surface area contributed by atoms with Crippen LogP contribution in [0.2, 0.25) is 0 Å². The van der Waals surface area contributed by atoms with Crippen molar-refractivity contribution in [2.75, 3.05) is 18.1 Å². The molecule has 1 atom stereocenters. The Morgan fingerprint density at radius 3 is 2.46 bits per heavy atom. The van der Waals surface area contributed by atoms with Crippen molar-refractivity contribution < 1.29 is 14.3 Å². The van der Waals surface area contributed by atoms with Gasteiger partial charge in [0.15, 0.2) is 0 Å². The summed E-state index contributed by atoms with van der Waals surface area (Å²) < 4.78 is 5.28. The predicted molar refractivity (Wildman–Crippen MR) is 93.3 cm³/mol. The van der Waals surface area contributed by atoms with Crippen LogP contribution in [0.25, 0.3) is 6.08 Å². The van der Waals surface area contributed by atoms with E-state index in [1.54, 1.807) is 11.0 Å². The number of nitrogens with zero attached hydrogens (tertiary/aromatic N) is 1. The first-order valence-corrected chi connectivity index (χ1v) is 7.97. The Hall–Kier alpha value is -2.88. The topological polar surface area (TPSA) is 46.6 Å². The van der Waals surface area contributed by atoms with Gasteiger partial charge in [0.2, 0.25) is 5.91 Å². The maximum atomic E-state index is 12.1. The molecule has 122 valence electrons. The van der Waals surface area contributed by atoms with Crippen LogP contribution in [-0.4, -0.2) is 25.0 Å². The molecular weight excluding hydrogens is 302 g/mol. The van der Waals surface area contributed by atoms with Crippen molar-refractivity contribution in [3.05, 3.63) is 72.3 Å². The first kappa shape index (κ1) is 16.0. The Bertz CT molecular complexity index is 725. The van der Waals surface area contributed by atoms with Crippen LogP contribution < -0.4 is 4.90 Å². The Labute approximate surface area is 141 Å². The number of ether oxygens (including phenoxy) is 1. The molecule has 2 aromatic rings. The number of benzene rings is 2. The molecule has 2 aromatic carbocycles. The van der Waals surface area contributed by atoms with Crippen molar-refractivity contribution in [2.45, 2.75) is 6.42 Å². The second-order valence-electron chi connectivity index (χ2n) is 5.68. The van der Waals surface area contributed by atoms with E-state index in [4.69, 9.17) is 4.74 Å². The van der Waals surface area contributed by atoms with Gasteiger partial charge in [-0.1, -0.05) is 54.6 Å². The number of anilines is 1. The maximum Gasteiger partial charge on any atom is 0.311 e. The summed E-state index contributed by atoms with van der Waals surface area (Å²) in [6.45, 7) is 0.591. The van der Waals surface area contributed by atoms with Gasteiger partial charge in [-0.05, 0) is 23.8 Å². The van der Waals surface area contributed by atoms with Gasteiger partial charge in [-0.15, -0.1) is 0 Å². The predicted octanol–water partition coefficient (Wildman–Crippen LogP) is 3.30. The van der Waals surface area contributed by atoms with Gasteiger partial charge in [0, 0.05) is 18.7 Å². The van der Waals surface area contributed by atoms with Gasteiger partial charge in [0.05, 0.1) is 5.92 Å². The van der Waals surface area contributed by atoms with Gasteiger partial charge in [-0.2, -0.15) is 0 Å². The Morgan fingerprint density at radius 2 is 1.75 bits per heavy atom. The highest BCUT2D eigenvalue weighted by atomic mass is 16.5. The monoisotopic (exact) mass is 321 g/mol. The van der Waals surface area contributed by atoms with E-state index in [1.807, 2.05) is 66.7 Å². The van der Waals surface area contributed by atoms with E-state index in [2.05, 4.69) is 0 Å². The molecular formula is C20H19NO3. The lowest BCUT2D eigenvalue weighted by Crippen LogP contribution is -2.26. The summed E-state index contributed by atoms with van der Waals surface area (Å²) >= 11 is 0. The molecule has 0 aliphatic carbocycles. The summed E-state index contributed by atoms with van der Waals surface area (Å²) in [4.78, 5) is 25.9. The molecule has 0 radical (unpaired) electrons. The largest absolute Gasteiger partial charge is 0.461 e. The van der Waals surface area contributed by atoms with Crippen molar-refractivity contribution in [2.24, 2.45) is 5.92 Å². The zero-order valence-corrected chi connectivity index (χ0v) is 13.3. The van der Waals surface area contributed by atoms with E-state index >= 15 is 0 Å². The van der Waals surface area contributed by atoms with Crippen LogP contribution in [0.5, 0.6) is 0 Å². The molecule has 0 bridgehead atoms. The van der Waals surface area contributed by atoms with Crippen molar-refractivity contribution >= 4 is 23.6 Å². The molecule has 0 unspecified atom stereocenters. The molecule has 1 saturated heterocycles. The first-order chi connectivity index (χ1) is 11.7. The minimum atomic E-state index is -0.400. The number of para-hydroxylation sites is 1. The number of rotatable bonds is 5. The standard InChI is InChI=1S/C20H19NO3/c22-19-14-17(15-21(19)18-11-5-2-6-12-18)20(23)24-13-7-10-16-8-3-1-4-9-16/h1-12,17H,13-15H2/b10-7+/t17-/m1/s1. The molecule has 1 aliphatic heterocycles. The summed E-state index contributed by atoms with van der Waals surface area (Å²) in [5, 5.41) is 0. The second-order valence-corrected chi connectivity index (χ2v) is 5.68. The smallest absolute Gasteiger partial charge is 0.311 e. The molecule has 1 aliphatic rings. The van der Waals surface area contributed by atoms with Crippen LogP contribution >= 0.6 is 0 Å². The number of hydrogen-bond acceptors (Lipinski definition) is 3. The van der Waals surface area contributed by atoms with E-state index in [-0.39, 0.29) is 24.9 Å². The van der Waals surface area contributed by atoms with E-state index in [0.717, 1.165) is 11.3 Å².